The Hall–Kier alpha value is -1.73. The Kier molecular flexibility index (Phi) is 4.36. The van der Waals surface area contributed by atoms with Gasteiger partial charge in [0.2, 0.25) is 0 Å². The Morgan fingerprint density at radius 1 is 1.76 bits per heavy atom. The summed E-state index contributed by atoms with van der Waals surface area (Å²) >= 11 is 0. The van der Waals surface area contributed by atoms with Crippen LogP contribution in [0.25, 0.3) is 0 Å². The SMILES string of the molecule is C[C@@](N)(C=O)COC(=O)[C@@H](N)Cc1cnc[nH]1. The number of rotatable bonds is 6. The van der Waals surface area contributed by atoms with Gasteiger partial charge in [-0.2, -0.15) is 0 Å². The molecular formula is C10H16N4O3. The van der Waals surface area contributed by atoms with Crippen LogP contribution in [-0.2, 0) is 20.7 Å². The smallest absolute Gasteiger partial charge is 0.323 e. The molecule has 0 saturated carbocycles. The van der Waals surface area contributed by atoms with E-state index in [9.17, 15) is 9.59 Å². The van der Waals surface area contributed by atoms with Gasteiger partial charge in [-0.05, 0) is 6.92 Å². The van der Waals surface area contributed by atoms with Crippen molar-refractivity contribution in [2.24, 2.45) is 11.5 Å². The molecule has 0 bridgehead atoms. The molecule has 7 nitrogen and oxygen atoms in total. The van der Waals surface area contributed by atoms with Crippen LogP contribution in [0.4, 0.5) is 0 Å². The van der Waals surface area contributed by atoms with Crippen molar-refractivity contribution < 1.29 is 14.3 Å². The lowest BCUT2D eigenvalue weighted by atomic mass is 10.1. The third-order valence-corrected chi connectivity index (χ3v) is 2.09. The van der Waals surface area contributed by atoms with Gasteiger partial charge in [0.1, 0.15) is 24.5 Å². The highest BCUT2D eigenvalue weighted by Gasteiger charge is 2.22. The Balaban J connectivity index is 2.40. The molecule has 1 heterocycles. The van der Waals surface area contributed by atoms with E-state index in [0.29, 0.717) is 12.7 Å². The molecule has 2 atom stereocenters. The lowest BCUT2D eigenvalue weighted by Crippen LogP contribution is -2.45. The highest BCUT2D eigenvalue weighted by atomic mass is 16.5. The Bertz CT molecular complexity index is 375. The lowest BCUT2D eigenvalue weighted by molar-refractivity contribution is -0.147. The van der Waals surface area contributed by atoms with Crippen molar-refractivity contribution in [3.8, 4) is 0 Å². The number of carbonyl (C=O) groups is 2. The second-order valence-electron chi connectivity index (χ2n) is 4.12. The van der Waals surface area contributed by atoms with Crippen LogP contribution < -0.4 is 11.5 Å². The van der Waals surface area contributed by atoms with E-state index in [1.807, 2.05) is 0 Å². The highest BCUT2D eigenvalue weighted by Crippen LogP contribution is 2.01. The first-order chi connectivity index (χ1) is 7.94. The summed E-state index contributed by atoms with van der Waals surface area (Å²) in [6, 6.07) is -0.807. The van der Waals surface area contributed by atoms with Crippen LogP contribution in [0.3, 0.4) is 0 Å². The number of esters is 1. The summed E-state index contributed by atoms with van der Waals surface area (Å²) in [5, 5.41) is 0. The molecule has 0 aliphatic carbocycles. The van der Waals surface area contributed by atoms with E-state index in [1.54, 1.807) is 6.20 Å². The number of aldehydes is 1. The number of hydrogen-bond donors (Lipinski definition) is 3. The van der Waals surface area contributed by atoms with Gasteiger partial charge in [-0.1, -0.05) is 0 Å². The summed E-state index contributed by atoms with van der Waals surface area (Å²) in [5.74, 6) is -0.599. The van der Waals surface area contributed by atoms with Gasteiger partial charge in [-0.3, -0.25) is 4.79 Å². The van der Waals surface area contributed by atoms with Gasteiger partial charge >= 0.3 is 5.97 Å². The summed E-state index contributed by atoms with van der Waals surface area (Å²) in [5.41, 5.74) is 10.7. The summed E-state index contributed by atoms with van der Waals surface area (Å²) < 4.78 is 4.85. The molecule has 7 heteroatoms. The fraction of sp³-hybridized carbons (Fsp3) is 0.500. The van der Waals surface area contributed by atoms with E-state index in [4.69, 9.17) is 16.2 Å². The maximum absolute atomic E-state index is 11.5. The van der Waals surface area contributed by atoms with Crippen molar-refractivity contribution in [3.05, 3.63) is 18.2 Å². The third-order valence-electron chi connectivity index (χ3n) is 2.09. The van der Waals surface area contributed by atoms with E-state index in [2.05, 4.69) is 9.97 Å². The average molecular weight is 240 g/mol. The van der Waals surface area contributed by atoms with Crippen molar-refractivity contribution in [1.29, 1.82) is 0 Å². The van der Waals surface area contributed by atoms with Crippen molar-refractivity contribution >= 4 is 12.3 Å². The van der Waals surface area contributed by atoms with Crippen molar-refractivity contribution in [2.45, 2.75) is 24.9 Å². The number of imidazole rings is 1. The summed E-state index contributed by atoms with van der Waals surface area (Å²) in [6.07, 6.45) is 3.89. The largest absolute Gasteiger partial charge is 0.462 e. The lowest BCUT2D eigenvalue weighted by Gasteiger charge is -2.18. The molecule has 0 aliphatic rings. The standard InChI is InChI=1S/C10H16N4O3/c1-10(12,4-15)5-17-9(16)8(11)2-7-3-13-6-14-7/h3-4,6,8H,2,5,11-12H2,1H3,(H,13,14)/t8-,10+/m0/s1. The Labute approximate surface area is 98.5 Å². The minimum Gasteiger partial charge on any atom is -0.462 e. The van der Waals surface area contributed by atoms with Crippen molar-refractivity contribution in [3.63, 3.8) is 0 Å². The van der Waals surface area contributed by atoms with E-state index < -0.39 is 17.6 Å². The van der Waals surface area contributed by atoms with E-state index in [0.717, 1.165) is 5.69 Å². The second kappa shape index (κ2) is 5.55. The Morgan fingerprint density at radius 3 is 3.00 bits per heavy atom. The topological polar surface area (TPSA) is 124 Å². The number of H-pyrrole nitrogens is 1. The predicted octanol–water partition coefficient (Wildman–Crippen LogP) is -1.26. The number of nitrogens with two attached hydrogens (primary N) is 2. The van der Waals surface area contributed by atoms with Crippen molar-refractivity contribution in [1.82, 2.24) is 9.97 Å². The Morgan fingerprint density at radius 2 is 2.47 bits per heavy atom. The number of hydrogen-bond acceptors (Lipinski definition) is 6. The predicted molar refractivity (Wildman–Crippen MR) is 59.9 cm³/mol. The summed E-state index contributed by atoms with van der Waals surface area (Å²) in [6.45, 7) is 1.28. The zero-order chi connectivity index (χ0) is 12.9. The fourth-order valence-electron chi connectivity index (χ4n) is 1.08. The number of nitrogens with zero attached hydrogens (tertiary/aromatic N) is 1. The molecule has 94 valence electrons. The van der Waals surface area contributed by atoms with Crippen LogP contribution in [0.2, 0.25) is 0 Å². The molecule has 0 amide bonds. The minimum atomic E-state index is -1.18. The zero-order valence-electron chi connectivity index (χ0n) is 9.55. The first-order valence-electron chi connectivity index (χ1n) is 5.09. The van der Waals surface area contributed by atoms with Crippen molar-refractivity contribution in [2.75, 3.05) is 6.61 Å². The van der Waals surface area contributed by atoms with Crippen LogP contribution in [-0.4, -0.2) is 40.4 Å². The number of aromatic nitrogens is 2. The van der Waals surface area contributed by atoms with E-state index >= 15 is 0 Å². The molecule has 0 aliphatic heterocycles. The molecule has 17 heavy (non-hydrogen) atoms. The average Bonchev–Trinajstić information content (AvgIpc) is 2.78. The van der Waals surface area contributed by atoms with Gasteiger partial charge in [-0.15, -0.1) is 0 Å². The molecule has 1 rings (SSSR count). The minimum absolute atomic E-state index is 0.188. The molecule has 1 aromatic heterocycles. The maximum Gasteiger partial charge on any atom is 0.323 e. The summed E-state index contributed by atoms with van der Waals surface area (Å²) in [7, 11) is 0. The van der Waals surface area contributed by atoms with Crippen LogP contribution in [0.1, 0.15) is 12.6 Å². The van der Waals surface area contributed by atoms with E-state index in [-0.39, 0.29) is 6.61 Å². The molecule has 0 unspecified atom stereocenters. The van der Waals surface area contributed by atoms with Crippen LogP contribution in [0.5, 0.6) is 0 Å². The van der Waals surface area contributed by atoms with Crippen LogP contribution >= 0.6 is 0 Å². The molecule has 0 fully saturated rings. The van der Waals surface area contributed by atoms with Gasteiger partial charge < -0.3 is 26.0 Å². The van der Waals surface area contributed by atoms with Crippen LogP contribution in [0.15, 0.2) is 12.5 Å². The summed E-state index contributed by atoms with van der Waals surface area (Å²) in [4.78, 5) is 28.6. The van der Waals surface area contributed by atoms with Gasteiger partial charge in [-0.25, -0.2) is 4.98 Å². The quantitative estimate of drug-likeness (QED) is 0.421. The van der Waals surface area contributed by atoms with E-state index in [1.165, 1.54) is 13.3 Å². The molecule has 0 radical (unpaired) electrons. The molecular weight excluding hydrogens is 224 g/mol. The van der Waals surface area contributed by atoms with Gasteiger partial charge in [0.15, 0.2) is 0 Å². The number of aromatic amines is 1. The van der Waals surface area contributed by atoms with Gasteiger partial charge in [0.05, 0.1) is 6.33 Å². The normalized spacial score (nSPS) is 15.9. The first kappa shape index (κ1) is 13.3. The van der Waals surface area contributed by atoms with Crippen LogP contribution in [0, 0.1) is 0 Å². The molecule has 1 aromatic rings. The molecule has 0 saturated heterocycles. The number of nitrogens with one attached hydrogen (secondary N) is 1. The van der Waals surface area contributed by atoms with Gasteiger partial charge in [0.25, 0.3) is 0 Å². The zero-order valence-corrected chi connectivity index (χ0v) is 9.55. The third kappa shape index (κ3) is 4.33. The second-order valence-corrected chi connectivity index (χ2v) is 4.12. The number of ether oxygens (including phenoxy) is 1. The monoisotopic (exact) mass is 240 g/mol. The number of carbonyl (C=O) groups excluding carboxylic acids is 2. The molecule has 0 spiro atoms. The maximum atomic E-state index is 11.5. The van der Waals surface area contributed by atoms with Gasteiger partial charge in [0, 0.05) is 18.3 Å². The highest BCUT2D eigenvalue weighted by molar-refractivity contribution is 5.76. The fourth-order valence-corrected chi connectivity index (χ4v) is 1.08. The molecule has 5 N–H and O–H groups in total. The molecule has 0 aromatic carbocycles. The first-order valence-corrected chi connectivity index (χ1v) is 5.09.